The zero-order chi connectivity index (χ0) is 16.0. The van der Waals surface area contributed by atoms with Crippen molar-refractivity contribution in [3.63, 3.8) is 0 Å². The van der Waals surface area contributed by atoms with Gasteiger partial charge in [0.25, 0.3) is 0 Å². The van der Waals surface area contributed by atoms with Crippen LogP contribution in [0.5, 0.6) is 0 Å². The Balaban J connectivity index is 2.82. The Bertz CT molecular complexity index is 443. The summed E-state index contributed by atoms with van der Waals surface area (Å²) < 4.78 is 43.5. The van der Waals surface area contributed by atoms with E-state index in [4.69, 9.17) is 13.3 Å². The van der Waals surface area contributed by atoms with Crippen molar-refractivity contribution in [2.75, 3.05) is 7.11 Å². The summed E-state index contributed by atoms with van der Waals surface area (Å²) in [7, 11) is -1.25. The Hall–Kier alpha value is -0.823. The standard InChI is InChI=1S/C15H24F2O3Si/c1-11(2)19-21(18-5,20-12(3)4)9-8-13-6-7-14(16)15(17)10-13/h6-7,10-12H,8-9H2,1-5H3. The van der Waals surface area contributed by atoms with Crippen LogP contribution in [0, 0.1) is 11.6 Å². The second-order valence-corrected chi connectivity index (χ2v) is 8.21. The Labute approximate surface area is 126 Å². The van der Waals surface area contributed by atoms with Gasteiger partial charge < -0.3 is 13.3 Å². The van der Waals surface area contributed by atoms with E-state index in [0.717, 1.165) is 6.07 Å². The summed E-state index contributed by atoms with van der Waals surface area (Å²) in [4.78, 5) is 0. The van der Waals surface area contributed by atoms with E-state index in [1.807, 2.05) is 27.7 Å². The third-order valence-electron chi connectivity index (χ3n) is 2.85. The van der Waals surface area contributed by atoms with Gasteiger partial charge in [0.15, 0.2) is 11.6 Å². The molecule has 0 N–H and O–H groups in total. The molecule has 3 nitrogen and oxygen atoms in total. The number of benzene rings is 1. The number of rotatable bonds is 8. The average molecular weight is 318 g/mol. The molecule has 21 heavy (non-hydrogen) atoms. The summed E-state index contributed by atoms with van der Waals surface area (Å²) in [6.07, 6.45) is 0.456. The van der Waals surface area contributed by atoms with Gasteiger partial charge in [-0.1, -0.05) is 6.07 Å². The maximum atomic E-state index is 13.2. The zero-order valence-corrected chi connectivity index (χ0v) is 14.3. The second-order valence-electron chi connectivity index (χ2n) is 5.47. The lowest BCUT2D eigenvalue weighted by Crippen LogP contribution is -2.48. The van der Waals surface area contributed by atoms with Gasteiger partial charge in [-0.15, -0.1) is 0 Å². The van der Waals surface area contributed by atoms with Crippen molar-refractivity contribution in [3.8, 4) is 0 Å². The molecule has 0 aliphatic carbocycles. The molecule has 0 amide bonds. The van der Waals surface area contributed by atoms with Crippen molar-refractivity contribution < 1.29 is 22.1 Å². The van der Waals surface area contributed by atoms with Crippen molar-refractivity contribution >= 4 is 8.80 Å². The molecule has 1 aromatic rings. The van der Waals surface area contributed by atoms with Gasteiger partial charge in [0.05, 0.1) is 0 Å². The maximum absolute atomic E-state index is 13.2. The van der Waals surface area contributed by atoms with Crippen LogP contribution in [0.2, 0.25) is 6.04 Å². The van der Waals surface area contributed by atoms with Gasteiger partial charge in [0.2, 0.25) is 0 Å². The third kappa shape index (κ3) is 5.82. The van der Waals surface area contributed by atoms with Crippen molar-refractivity contribution in [1.82, 2.24) is 0 Å². The van der Waals surface area contributed by atoms with Crippen LogP contribution in [0.15, 0.2) is 18.2 Å². The minimum absolute atomic E-state index is 0.0275. The van der Waals surface area contributed by atoms with Crippen molar-refractivity contribution in [1.29, 1.82) is 0 Å². The van der Waals surface area contributed by atoms with Crippen LogP contribution in [-0.4, -0.2) is 28.1 Å². The molecule has 0 aliphatic rings. The monoisotopic (exact) mass is 318 g/mol. The molecular formula is C15H24F2O3Si. The first-order chi connectivity index (χ1) is 9.78. The normalized spacial score (nSPS) is 12.4. The van der Waals surface area contributed by atoms with Gasteiger partial charge in [-0.25, -0.2) is 8.78 Å². The van der Waals surface area contributed by atoms with E-state index in [1.54, 1.807) is 13.2 Å². The van der Waals surface area contributed by atoms with Gasteiger partial charge in [-0.2, -0.15) is 0 Å². The Kier molecular flexibility index (Phi) is 6.93. The fourth-order valence-corrected chi connectivity index (χ4v) is 4.77. The van der Waals surface area contributed by atoms with E-state index in [9.17, 15) is 8.78 Å². The molecule has 0 bridgehead atoms. The lowest BCUT2D eigenvalue weighted by Gasteiger charge is -2.31. The minimum atomic E-state index is -2.83. The van der Waals surface area contributed by atoms with Gasteiger partial charge in [-0.3, -0.25) is 0 Å². The highest BCUT2D eigenvalue weighted by Gasteiger charge is 2.41. The fourth-order valence-electron chi connectivity index (χ4n) is 2.05. The highest BCUT2D eigenvalue weighted by atomic mass is 28.4. The summed E-state index contributed by atoms with van der Waals surface area (Å²) in [5.41, 5.74) is 0.697. The van der Waals surface area contributed by atoms with E-state index in [2.05, 4.69) is 0 Å². The second kappa shape index (κ2) is 7.98. The van der Waals surface area contributed by atoms with Crippen LogP contribution in [0.25, 0.3) is 0 Å². The van der Waals surface area contributed by atoms with E-state index in [-0.39, 0.29) is 12.2 Å². The Morgan fingerprint density at radius 3 is 2.00 bits per heavy atom. The first-order valence-corrected chi connectivity index (χ1v) is 9.06. The predicted molar refractivity (Wildman–Crippen MR) is 80.1 cm³/mol. The molecule has 0 saturated heterocycles. The molecule has 0 aliphatic heterocycles. The molecule has 120 valence electrons. The van der Waals surface area contributed by atoms with Crippen LogP contribution in [0.3, 0.4) is 0 Å². The highest BCUT2D eigenvalue weighted by Crippen LogP contribution is 2.22. The summed E-state index contributed by atoms with van der Waals surface area (Å²) >= 11 is 0. The molecule has 6 heteroatoms. The number of hydrogen-bond donors (Lipinski definition) is 0. The molecule has 0 saturated carbocycles. The summed E-state index contributed by atoms with van der Waals surface area (Å²) in [6, 6.07) is 4.42. The lowest BCUT2D eigenvalue weighted by atomic mass is 10.2. The lowest BCUT2D eigenvalue weighted by molar-refractivity contribution is 0.0329. The Morgan fingerprint density at radius 2 is 1.57 bits per heavy atom. The number of hydrogen-bond acceptors (Lipinski definition) is 3. The highest BCUT2D eigenvalue weighted by molar-refractivity contribution is 6.60. The predicted octanol–water partition coefficient (Wildman–Crippen LogP) is 3.94. The first kappa shape index (κ1) is 18.2. The zero-order valence-electron chi connectivity index (χ0n) is 13.3. The van der Waals surface area contributed by atoms with E-state index < -0.39 is 20.4 Å². The van der Waals surface area contributed by atoms with Gasteiger partial charge in [-0.05, 0) is 51.8 Å². The molecule has 0 fully saturated rings. The van der Waals surface area contributed by atoms with E-state index in [0.29, 0.717) is 18.0 Å². The fraction of sp³-hybridized carbons (Fsp3) is 0.600. The Morgan fingerprint density at radius 1 is 1.00 bits per heavy atom. The molecule has 0 aromatic heterocycles. The molecule has 0 radical (unpaired) electrons. The average Bonchev–Trinajstić information content (AvgIpc) is 2.38. The molecule has 1 aromatic carbocycles. The van der Waals surface area contributed by atoms with Crippen molar-refractivity contribution in [3.05, 3.63) is 35.4 Å². The molecule has 0 unspecified atom stereocenters. The maximum Gasteiger partial charge on any atom is 0.501 e. The summed E-state index contributed by atoms with van der Waals surface area (Å²) in [6.45, 7) is 7.67. The molecule has 0 heterocycles. The molecule has 0 atom stereocenters. The van der Waals surface area contributed by atoms with Crippen LogP contribution in [0.1, 0.15) is 33.3 Å². The van der Waals surface area contributed by atoms with Crippen LogP contribution in [0.4, 0.5) is 8.78 Å². The van der Waals surface area contributed by atoms with Crippen LogP contribution < -0.4 is 0 Å². The van der Waals surface area contributed by atoms with Gasteiger partial charge in [0, 0.05) is 25.4 Å². The molecular weight excluding hydrogens is 294 g/mol. The topological polar surface area (TPSA) is 27.7 Å². The smallest absolute Gasteiger partial charge is 0.377 e. The van der Waals surface area contributed by atoms with Crippen molar-refractivity contribution in [2.45, 2.75) is 52.4 Å². The van der Waals surface area contributed by atoms with Crippen molar-refractivity contribution in [2.24, 2.45) is 0 Å². The quantitative estimate of drug-likeness (QED) is 0.679. The SMILES string of the molecule is CO[Si](CCc1ccc(F)c(F)c1)(OC(C)C)OC(C)C. The van der Waals surface area contributed by atoms with Gasteiger partial charge in [0.1, 0.15) is 0 Å². The minimum Gasteiger partial charge on any atom is -0.377 e. The molecule has 0 spiro atoms. The summed E-state index contributed by atoms with van der Waals surface area (Å²) in [5.74, 6) is -1.68. The molecule has 1 rings (SSSR count). The first-order valence-electron chi connectivity index (χ1n) is 7.12. The van der Waals surface area contributed by atoms with Crippen LogP contribution in [-0.2, 0) is 19.7 Å². The van der Waals surface area contributed by atoms with Gasteiger partial charge >= 0.3 is 8.80 Å². The van der Waals surface area contributed by atoms with Crippen LogP contribution >= 0.6 is 0 Å². The van der Waals surface area contributed by atoms with E-state index in [1.165, 1.54) is 6.07 Å². The van der Waals surface area contributed by atoms with E-state index >= 15 is 0 Å². The third-order valence-corrected chi connectivity index (χ3v) is 5.99. The number of aryl methyl sites for hydroxylation is 1. The number of halogens is 2. The summed E-state index contributed by atoms with van der Waals surface area (Å²) in [5, 5.41) is 0. The largest absolute Gasteiger partial charge is 0.501 e.